The summed E-state index contributed by atoms with van der Waals surface area (Å²) >= 11 is 0. The quantitative estimate of drug-likeness (QED) is 0.519. The average Bonchev–Trinajstić information content (AvgIpc) is 2.65. The standard InChI is InChI=1S/C24H32F2N4O/c1-14-6-15(2)8-19(7-14)21(20-9-17(12-27)5-4-16(20)3)22(31)30(23(28)29)13-18-10-24(25,26)11-18/h4-5,9,14-15,18-19,21H,6-8,10-11,13H2,1-3H3,(H3,28,29). The van der Waals surface area contributed by atoms with Crippen LogP contribution in [0.5, 0.6) is 0 Å². The molecule has 31 heavy (non-hydrogen) atoms. The minimum Gasteiger partial charge on any atom is -0.370 e. The molecule has 1 amide bonds. The van der Waals surface area contributed by atoms with Gasteiger partial charge in [-0.2, -0.15) is 5.26 Å². The van der Waals surface area contributed by atoms with Gasteiger partial charge < -0.3 is 5.73 Å². The Morgan fingerprint density at radius 2 is 1.90 bits per heavy atom. The number of carbonyl (C=O) groups is 1. The van der Waals surface area contributed by atoms with Gasteiger partial charge in [-0.1, -0.05) is 19.9 Å². The second-order valence-corrected chi connectivity index (χ2v) is 9.80. The first-order valence-electron chi connectivity index (χ1n) is 11.0. The van der Waals surface area contributed by atoms with Gasteiger partial charge in [0.25, 0.3) is 0 Å². The second kappa shape index (κ2) is 8.94. The van der Waals surface area contributed by atoms with E-state index in [0.717, 1.165) is 30.4 Å². The van der Waals surface area contributed by atoms with E-state index in [1.807, 2.05) is 13.0 Å². The Morgan fingerprint density at radius 1 is 1.29 bits per heavy atom. The van der Waals surface area contributed by atoms with Crippen LogP contribution in [-0.4, -0.2) is 29.2 Å². The Labute approximate surface area is 183 Å². The predicted octanol–water partition coefficient (Wildman–Crippen LogP) is 4.79. The number of alkyl halides is 2. The van der Waals surface area contributed by atoms with Gasteiger partial charge in [0.15, 0.2) is 5.96 Å². The first-order chi connectivity index (χ1) is 14.5. The number of halogens is 2. The fourth-order valence-electron chi connectivity index (χ4n) is 5.56. The van der Waals surface area contributed by atoms with Crippen LogP contribution >= 0.6 is 0 Å². The summed E-state index contributed by atoms with van der Waals surface area (Å²) in [6, 6.07) is 7.48. The van der Waals surface area contributed by atoms with Crippen molar-refractivity contribution in [2.45, 2.75) is 64.7 Å². The number of guanidine groups is 1. The van der Waals surface area contributed by atoms with E-state index in [9.17, 15) is 18.8 Å². The zero-order chi connectivity index (χ0) is 22.9. The highest BCUT2D eigenvalue weighted by Crippen LogP contribution is 2.45. The molecule has 5 nitrogen and oxygen atoms in total. The first-order valence-corrected chi connectivity index (χ1v) is 11.0. The largest absolute Gasteiger partial charge is 0.370 e. The monoisotopic (exact) mass is 430 g/mol. The van der Waals surface area contributed by atoms with Crippen molar-refractivity contribution in [1.29, 1.82) is 10.7 Å². The molecule has 0 saturated heterocycles. The summed E-state index contributed by atoms with van der Waals surface area (Å²) in [5.74, 6) is -3.37. The third-order valence-corrected chi connectivity index (χ3v) is 6.87. The molecule has 2 fully saturated rings. The fourth-order valence-corrected chi connectivity index (χ4v) is 5.56. The summed E-state index contributed by atoms with van der Waals surface area (Å²) in [4.78, 5) is 15.0. The molecular formula is C24H32F2N4O. The number of nitriles is 1. The predicted molar refractivity (Wildman–Crippen MR) is 116 cm³/mol. The molecule has 3 N–H and O–H groups in total. The molecule has 2 aliphatic carbocycles. The Hall–Kier alpha value is -2.49. The van der Waals surface area contributed by atoms with Gasteiger partial charge in [0.05, 0.1) is 17.6 Å². The molecule has 0 aliphatic heterocycles. The maximum Gasteiger partial charge on any atom is 0.248 e. The van der Waals surface area contributed by atoms with Gasteiger partial charge in [0.2, 0.25) is 11.8 Å². The van der Waals surface area contributed by atoms with Gasteiger partial charge in [-0.25, -0.2) is 8.78 Å². The molecule has 168 valence electrons. The number of hydrogen-bond donors (Lipinski definition) is 2. The van der Waals surface area contributed by atoms with Crippen molar-refractivity contribution in [1.82, 2.24) is 4.90 Å². The molecule has 0 radical (unpaired) electrons. The van der Waals surface area contributed by atoms with Crippen molar-refractivity contribution in [2.24, 2.45) is 29.4 Å². The topological polar surface area (TPSA) is 94.0 Å². The molecule has 0 heterocycles. The van der Waals surface area contributed by atoms with Gasteiger partial charge in [-0.3, -0.25) is 15.1 Å². The molecule has 3 atom stereocenters. The zero-order valence-corrected chi connectivity index (χ0v) is 18.5. The summed E-state index contributed by atoms with van der Waals surface area (Å²) in [5.41, 5.74) is 7.93. The number of aryl methyl sites for hydroxylation is 1. The van der Waals surface area contributed by atoms with Gasteiger partial charge in [0, 0.05) is 19.4 Å². The number of carbonyl (C=O) groups excluding carboxylic acids is 1. The van der Waals surface area contributed by atoms with E-state index in [1.54, 1.807) is 12.1 Å². The normalized spacial score (nSPS) is 26.4. The third-order valence-electron chi connectivity index (χ3n) is 6.87. The molecule has 3 unspecified atom stereocenters. The van der Waals surface area contributed by atoms with Crippen molar-refractivity contribution in [2.75, 3.05) is 6.54 Å². The van der Waals surface area contributed by atoms with Gasteiger partial charge >= 0.3 is 0 Å². The average molecular weight is 431 g/mol. The number of nitrogens with zero attached hydrogens (tertiary/aromatic N) is 2. The summed E-state index contributed by atoms with van der Waals surface area (Å²) in [6.07, 6.45) is 2.26. The van der Waals surface area contributed by atoms with Gasteiger partial charge in [-0.05, 0) is 73.1 Å². The van der Waals surface area contributed by atoms with Crippen molar-refractivity contribution in [3.63, 3.8) is 0 Å². The number of rotatable bonds is 5. The summed E-state index contributed by atoms with van der Waals surface area (Å²) in [7, 11) is 0. The van der Waals surface area contributed by atoms with E-state index < -0.39 is 17.8 Å². The molecule has 0 spiro atoms. The van der Waals surface area contributed by atoms with Crippen molar-refractivity contribution in [3.05, 3.63) is 34.9 Å². The van der Waals surface area contributed by atoms with Crippen LogP contribution in [-0.2, 0) is 4.79 Å². The highest BCUT2D eigenvalue weighted by atomic mass is 19.3. The molecule has 0 aromatic heterocycles. The molecule has 0 bridgehead atoms. The molecular weight excluding hydrogens is 398 g/mol. The first kappa shape index (κ1) is 23.2. The van der Waals surface area contributed by atoms with E-state index in [4.69, 9.17) is 11.1 Å². The molecule has 1 aromatic carbocycles. The SMILES string of the molecule is Cc1ccc(C#N)cc1C(C(=O)N(CC1CC(F)(F)C1)C(=N)N)C1CC(C)CC(C)C1. The fraction of sp³-hybridized carbons (Fsp3) is 0.625. The second-order valence-electron chi connectivity index (χ2n) is 9.80. The van der Waals surface area contributed by atoms with Crippen LogP contribution in [0, 0.1) is 47.3 Å². The molecule has 1 aromatic rings. The lowest BCUT2D eigenvalue weighted by Gasteiger charge is -2.41. The zero-order valence-electron chi connectivity index (χ0n) is 18.5. The van der Waals surface area contributed by atoms with Crippen molar-refractivity contribution < 1.29 is 13.6 Å². The molecule has 2 aliphatic rings. The summed E-state index contributed by atoms with van der Waals surface area (Å²) in [6.45, 7) is 6.32. The Kier molecular flexibility index (Phi) is 6.68. The van der Waals surface area contributed by atoms with Crippen LogP contribution < -0.4 is 5.73 Å². The summed E-state index contributed by atoms with van der Waals surface area (Å²) < 4.78 is 26.7. The lowest BCUT2D eigenvalue weighted by atomic mass is 9.68. The Balaban J connectivity index is 1.97. The highest BCUT2D eigenvalue weighted by Gasteiger charge is 2.47. The number of hydrogen-bond acceptors (Lipinski definition) is 3. The highest BCUT2D eigenvalue weighted by molar-refractivity contribution is 5.98. The van der Waals surface area contributed by atoms with E-state index in [-0.39, 0.29) is 37.1 Å². The summed E-state index contributed by atoms with van der Waals surface area (Å²) in [5, 5.41) is 17.4. The van der Waals surface area contributed by atoms with E-state index in [2.05, 4.69) is 19.9 Å². The van der Waals surface area contributed by atoms with Crippen LogP contribution in [0.15, 0.2) is 18.2 Å². The van der Waals surface area contributed by atoms with E-state index in [1.165, 1.54) is 4.90 Å². The van der Waals surface area contributed by atoms with E-state index in [0.29, 0.717) is 17.4 Å². The van der Waals surface area contributed by atoms with Gasteiger partial charge in [0.1, 0.15) is 0 Å². The van der Waals surface area contributed by atoms with Crippen LogP contribution in [0.2, 0.25) is 0 Å². The molecule has 3 rings (SSSR count). The van der Waals surface area contributed by atoms with Crippen molar-refractivity contribution in [3.8, 4) is 6.07 Å². The lowest BCUT2D eigenvalue weighted by Crippen LogP contribution is -2.51. The van der Waals surface area contributed by atoms with E-state index >= 15 is 0 Å². The Morgan fingerprint density at radius 3 is 2.42 bits per heavy atom. The molecule has 2 saturated carbocycles. The van der Waals surface area contributed by atoms with Crippen molar-refractivity contribution >= 4 is 11.9 Å². The number of amides is 1. The minimum atomic E-state index is -2.69. The maximum absolute atomic E-state index is 13.8. The number of benzene rings is 1. The molecule has 7 heteroatoms. The number of nitrogens with two attached hydrogens (primary N) is 1. The van der Waals surface area contributed by atoms with Crippen LogP contribution in [0.3, 0.4) is 0 Å². The van der Waals surface area contributed by atoms with Crippen LogP contribution in [0.4, 0.5) is 8.78 Å². The minimum absolute atomic E-state index is 0.0368. The maximum atomic E-state index is 13.8. The number of nitrogens with one attached hydrogen (secondary N) is 1. The van der Waals surface area contributed by atoms with Gasteiger partial charge in [-0.15, -0.1) is 0 Å². The van der Waals surface area contributed by atoms with Crippen LogP contribution in [0.25, 0.3) is 0 Å². The Bertz CT molecular complexity index is 876. The smallest absolute Gasteiger partial charge is 0.248 e. The van der Waals surface area contributed by atoms with Crippen LogP contribution in [0.1, 0.15) is 68.6 Å². The lowest BCUT2D eigenvalue weighted by molar-refractivity contribution is -0.138. The third kappa shape index (κ3) is 5.23.